The number of halogens is 1. The monoisotopic (exact) mass is 347 g/mol. The summed E-state index contributed by atoms with van der Waals surface area (Å²) in [6.07, 6.45) is 0. The molecule has 128 valence electrons. The first-order valence-corrected chi connectivity index (χ1v) is 7.84. The van der Waals surface area contributed by atoms with Crippen LogP contribution in [0.3, 0.4) is 0 Å². The van der Waals surface area contributed by atoms with Crippen molar-refractivity contribution in [1.82, 2.24) is 0 Å². The van der Waals surface area contributed by atoms with Crippen molar-refractivity contribution in [2.45, 2.75) is 0 Å². The van der Waals surface area contributed by atoms with Crippen LogP contribution in [0.5, 0.6) is 11.5 Å². The normalized spacial score (nSPS) is 10.0. The Bertz CT molecular complexity index is 927. The lowest BCUT2D eigenvalue weighted by molar-refractivity contribution is -0.136. The molecule has 3 aromatic carbocycles. The van der Waals surface area contributed by atoms with Gasteiger partial charge in [0.15, 0.2) is 6.61 Å². The van der Waals surface area contributed by atoms with Crippen LogP contribution >= 0.6 is 0 Å². The Morgan fingerprint density at radius 3 is 1.96 bits per heavy atom. The van der Waals surface area contributed by atoms with Crippen molar-refractivity contribution < 1.29 is 18.7 Å². The standard InChI is InChI=1S/C21H14FNO3/c22-18-7-11-19(12-8-18)25-14-21(24)26-20-9-5-17(6-10-20)16-3-1-15(13-23)2-4-16/h1-12H,14H2. The fourth-order valence-corrected chi connectivity index (χ4v) is 2.29. The Morgan fingerprint density at radius 1 is 0.846 bits per heavy atom. The minimum absolute atomic E-state index is 0.275. The molecule has 26 heavy (non-hydrogen) atoms. The van der Waals surface area contributed by atoms with E-state index in [1.54, 1.807) is 24.3 Å². The van der Waals surface area contributed by atoms with Gasteiger partial charge < -0.3 is 9.47 Å². The van der Waals surface area contributed by atoms with Crippen molar-refractivity contribution in [2.75, 3.05) is 6.61 Å². The van der Waals surface area contributed by atoms with Gasteiger partial charge in [-0.2, -0.15) is 5.26 Å². The molecule has 0 saturated carbocycles. The lowest BCUT2D eigenvalue weighted by Gasteiger charge is -2.08. The van der Waals surface area contributed by atoms with Crippen molar-refractivity contribution in [1.29, 1.82) is 5.26 Å². The molecule has 5 heteroatoms. The number of hydrogen-bond acceptors (Lipinski definition) is 4. The zero-order valence-corrected chi connectivity index (χ0v) is 13.7. The number of nitriles is 1. The summed E-state index contributed by atoms with van der Waals surface area (Å²) in [5.74, 6) is -0.141. The van der Waals surface area contributed by atoms with Crippen molar-refractivity contribution >= 4 is 5.97 Å². The fourth-order valence-electron chi connectivity index (χ4n) is 2.29. The van der Waals surface area contributed by atoms with E-state index in [0.717, 1.165) is 11.1 Å². The van der Waals surface area contributed by atoms with Crippen molar-refractivity contribution in [3.8, 4) is 28.7 Å². The molecule has 0 radical (unpaired) electrons. The molecule has 0 saturated heterocycles. The topological polar surface area (TPSA) is 59.3 Å². The highest BCUT2D eigenvalue weighted by molar-refractivity contribution is 5.74. The maximum absolute atomic E-state index is 12.8. The van der Waals surface area contributed by atoms with E-state index in [9.17, 15) is 9.18 Å². The number of hydrogen-bond donors (Lipinski definition) is 0. The van der Waals surface area contributed by atoms with Gasteiger partial charge in [-0.3, -0.25) is 0 Å². The molecule has 0 aromatic heterocycles. The van der Waals surface area contributed by atoms with Crippen LogP contribution in [-0.4, -0.2) is 12.6 Å². The van der Waals surface area contributed by atoms with Gasteiger partial charge in [-0.1, -0.05) is 24.3 Å². The molecule has 0 spiro atoms. The first-order valence-electron chi connectivity index (χ1n) is 7.84. The Labute approximate surface area is 150 Å². The van der Waals surface area contributed by atoms with Crippen LogP contribution in [0.25, 0.3) is 11.1 Å². The summed E-state index contributed by atoms with van der Waals surface area (Å²) in [6, 6.07) is 21.7. The smallest absolute Gasteiger partial charge is 0.349 e. The van der Waals surface area contributed by atoms with Crippen LogP contribution < -0.4 is 9.47 Å². The molecule has 0 fully saturated rings. The number of benzene rings is 3. The molecule has 3 rings (SSSR count). The Morgan fingerprint density at radius 2 is 1.38 bits per heavy atom. The minimum Gasteiger partial charge on any atom is -0.482 e. The van der Waals surface area contributed by atoms with Gasteiger partial charge in [0, 0.05) is 0 Å². The van der Waals surface area contributed by atoms with Gasteiger partial charge in [-0.15, -0.1) is 0 Å². The summed E-state index contributed by atoms with van der Waals surface area (Å²) in [7, 11) is 0. The highest BCUT2D eigenvalue weighted by Crippen LogP contribution is 2.23. The molecule has 0 heterocycles. The fraction of sp³-hybridized carbons (Fsp3) is 0.0476. The number of nitrogens with zero attached hydrogens (tertiary/aromatic N) is 1. The molecular formula is C21H14FNO3. The zero-order valence-electron chi connectivity index (χ0n) is 13.7. The summed E-state index contributed by atoms with van der Waals surface area (Å²) >= 11 is 0. The van der Waals surface area contributed by atoms with E-state index in [1.807, 2.05) is 24.3 Å². The summed E-state index contributed by atoms with van der Waals surface area (Å²) in [5.41, 5.74) is 2.50. The minimum atomic E-state index is -0.555. The van der Waals surface area contributed by atoms with Crippen LogP contribution in [-0.2, 0) is 4.79 Å². The average Bonchev–Trinajstić information content (AvgIpc) is 2.68. The maximum Gasteiger partial charge on any atom is 0.349 e. The molecular weight excluding hydrogens is 333 g/mol. The second kappa shape index (κ2) is 7.95. The molecule has 4 nitrogen and oxygen atoms in total. The van der Waals surface area contributed by atoms with Crippen molar-refractivity contribution in [3.05, 3.63) is 84.2 Å². The van der Waals surface area contributed by atoms with Crippen LogP contribution in [0.4, 0.5) is 4.39 Å². The largest absolute Gasteiger partial charge is 0.482 e. The molecule has 0 aliphatic heterocycles. The lowest BCUT2D eigenvalue weighted by atomic mass is 10.0. The van der Waals surface area contributed by atoms with Gasteiger partial charge in [-0.25, -0.2) is 9.18 Å². The highest BCUT2D eigenvalue weighted by atomic mass is 19.1. The molecule has 0 atom stereocenters. The van der Waals surface area contributed by atoms with E-state index < -0.39 is 5.97 Å². The van der Waals surface area contributed by atoms with Gasteiger partial charge in [0.1, 0.15) is 17.3 Å². The van der Waals surface area contributed by atoms with Crippen LogP contribution in [0.2, 0.25) is 0 Å². The Hall–Kier alpha value is -3.65. The molecule has 0 amide bonds. The third-order valence-electron chi connectivity index (χ3n) is 3.60. The van der Waals surface area contributed by atoms with E-state index >= 15 is 0 Å². The van der Waals surface area contributed by atoms with E-state index in [-0.39, 0.29) is 12.4 Å². The Kier molecular flexibility index (Phi) is 5.25. The molecule has 3 aromatic rings. The van der Waals surface area contributed by atoms with E-state index in [2.05, 4.69) is 6.07 Å². The van der Waals surface area contributed by atoms with Gasteiger partial charge in [0.2, 0.25) is 0 Å². The van der Waals surface area contributed by atoms with E-state index in [4.69, 9.17) is 14.7 Å². The van der Waals surface area contributed by atoms with Crippen molar-refractivity contribution in [3.63, 3.8) is 0 Å². The third kappa shape index (κ3) is 4.46. The number of esters is 1. The lowest BCUT2D eigenvalue weighted by Crippen LogP contribution is -2.17. The van der Waals surface area contributed by atoms with Gasteiger partial charge >= 0.3 is 5.97 Å². The Balaban J connectivity index is 1.57. The van der Waals surface area contributed by atoms with Crippen LogP contribution in [0.1, 0.15) is 5.56 Å². The zero-order chi connectivity index (χ0) is 18.4. The number of rotatable bonds is 5. The van der Waals surface area contributed by atoms with Crippen LogP contribution in [0.15, 0.2) is 72.8 Å². The van der Waals surface area contributed by atoms with Gasteiger partial charge in [-0.05, 0) is 59.7 Å². The van der Waals surface area contributed by atoms with Crippen molar-refractivity contribution in [2.24, 2.45) is 0 Å². The SMILES string of the molecule is N#Cc1ccc(-c2ccc(OC(=O)COc3ccc(F)cc3)cc2)cc1. The predicted molar refractivity (Wildman–Crippen MR) is 94.1 cm³/mol. The van der Waals surface area contributed by atoms with Crippen LogP contribution in [0, 0.1) is 17.1 Å². The molecule has 0 aliphatic rings. The summed E-state index contributed by atoms with van der Waals surface area (Å²) in [6.45, 7) is -0.275. The predicted octanol–water partition coefficient (Wildman–Crippen LogP) is 4.35. The summed E-state index contributed by atoms with van der Waals surface area (Å²) < 4.78 is 23.3. The van der Waals surface area contributed by atoms with E-state index in [0.29, 0.717) is 17.1 Å². The number of carbonyl (C=O) groups excluding carboxylic acids is 1. The second-order valence-electron chi connectivity index (χ2n) is 5.43. The number of carbonyl (C=O) groups is 1. The van der Waals surface area contributed by atoms with Gasteiger partial charge in [0.25, 0.3) is 0 Å². The third-order valence-corrected chi connectivity index (χ3v) is 3.60. The molecule has 0 unspecified atom stereocenters. The molecule has 0 bridgehead atoms. The second-order valence-corrected chi connectivity index (χ2v) is 5.43. The quantitative estimate of drug-likeness (QED) is 0.509. The highest BCUT2D eigenvalue weighted by Gasteiger charge is 2.07. The maximum atomic E-state index is 12.8. The summed E-state index contributed by atoms with van der Waals surface area (Å²) in [5, 5.41) is 8.82. The van der Waals surface area contributed by atoms with E-state index in [1.165, 1.54) is 24.3 Å². The molecule has 0 N–H and O–H groups in total. The first-order chi connectivity index (χ1) is 12.6. The number of ether oxygens (including phenoxy) is 2. The first kappa shape index (κ1) is 17.2. The summed E-state index contributed by atoms with van der Waals surface area (Å²) in [4.78, 5) is 11.8. The van der Waals surface area contributed by atoms with Gasteiger partial charge in [0.05, 0.1) is 11.6 Å². The molecule has 0 aliphatic carbocycles. The average molecular weight is 347 g/mol.